The molecule has 2 rings (SSSR count). The third-order valence-corrected chi connectivity index (χ3v) is 5.07. The van der Waals surface area contributed by atoms with E-state index >= 15 is 0 Å². The Balaban J connectivity index is 2.06. The van der Waals surface area contributed by atoms with E-state index in [4.69, 9.17) is 0 Å². The molecule has 0 bridgehead atoms. The van der Waals surface area contributed by atoms with E-state index in [0.29, 0.717) is 26.2 Å². The zero-order valence-electron chi connectivity index (χ0n) is 17.2. The topological polar surface area (TPSA) is 79.7 Å². The molecule has 1 aromatic rings. The van der Waals surface area contributed by atoms with Crippen molar-refractivity contribution in [1.82, 2.24) is 9.80 Å². The number of amides is 2. The molecule has 7 heteroatoms. The third-order valence-electron chi connectivity index (χ3n) is 5.07. The van der Waals surface area contributed by atoms with Gasteiger partial charge in [-0.1, -0.05) is 0 Å². The Kier molecular flexibility index (Phi) is 7.44. The zero-order chi connectivity index (χ0) is 20.7. The maximum absolute atomic E-state index is 12.6. The van der Waals surface area contributed by atoms with Crippen LogP contribution in [0.4, 0.5) is 11.4 Å². The molecule has 0 aliphatic carbocycles. The van der Waals surface area contributed by atoms with Crippen LogP contribution in [0, 0.1) is 18.3 Å². The van der Waals surface area contributed by atoms with Crippen LogP contribution in [-0.4, -0.2) is 60.9 Å². The van der Waals surface area contributed by atoms with Crippen LogP contribution >= 0.6 is 0 Å². The molecule has 1 aliphatic rings. The molecule has 28 heavy (non-hydrogen) atoms. The number of benzene rings is 1. The average molecular weight is 383 g/mol. The van der Waals surface area contributed by atoms with Crippen molar-refractivity contribution in [2.24, 2.45) is 0 Å². The summed E-state index contributed by atoms with van der Waals surface area (Å²) in [5.41, 5.74) is 3.11. The summed E-state index contributed by atoms with van der Waals surface area (Å²) in [6.45, 7) is 11.5. The van der Waals surface area contributed by atoms with E-state index in [1.165, 1.54) is 13.1 Å². The first-order valence-electron chi connectivity index (χ1n) is 9.68. The van der Waals surface area contributed by atoms with Crippen LogP contribution in [-0.2, 0) is 9.59 Å². The van der Waals surface area contributed by atoms with Crippen LogP contribution in [0.3, 0.4) is 0 Å². The van der Waals surface area contributed by atoms with Gasteiger partial charge in [0.25, 0.3) is 5.91 Å². The van der Waals surface area contributed by atoms with E-state index in [1.807, 2.05) is 25.1 Å². The lowest BCUT2D eigenvalue weighted by Gasteiger charge is -2.34. The Morgan fingerprint density at radius 2 is 1.79 bits per heavy atom. The summed E-state index contributed by atoms with van der Waals surface area (Å²) < 4.78 is 0. The zero-order valence-corrected chi connectivity index (χ0v) is 17.2. The van der Waals surface area contributed by atoms with Crippen molar-refractivity contribution >= 4 is 23.2 Å². The molecule has 0 radical (unpaired) electrons. The van der Waals surface area contributed by atoms with Crippen molar-refractivity contribution in [2.75, 3.05) is 49.5 Å². The summed E-state index contributed by atoms with van der Waals surface area (Å²) in [6.07, 6.45) is 1.47. The second-order valence-corrected chi connectivity index (χ2v) is 6.78. The monoisotopic (exact) mass is 383 g/mol. The van der Waals surface area contributed by atoms with Gasteiger partial charge < -0.3 is 20.0 Å². The van der Waals surface area contributed by atoms with Crippen LogP contribution in [0.5, 0.6) is 0 Å². The molecule has 0 atom stereocenters. The van der Waals surface area contributed by atoms with Gasteiger partial charge in [0.1, 0.15) is 11.6 Å². The van der Waals surface area contributed by atoms with Crippen molar-refractivity contribution in [3.05, 3.63) is 35.5 Å². The van der Waals surface area contributed by atoms with Gasteiger partial charge in [-0.05, 0) is 44.5 Å². The maximum atomic E-state index is 12.6. The summed E-state index contributed by atoms with van der Waals surface area (Å²) in [5.74, 6) is -0.302. The molecule has 1 aliphatic heterocycles. The van der Waals surface area contributed by atoms with Gasteiger partial charge >= 0.3 is 0 Å². The van der Waals surface area contributed by atoms with Crippen LogP contribution < -0.4 is 10.2 Å². The Hall–Kier alpha value is -3.01. The first-order valence-corrected chi connectivity index (χ1v) is 9.68. The van der Waals surface area contributed by atoms with Gasteiger partial charge in [-0.2, -0.15) is 5.26 Å². The first kappa shape index (κ1) is 21.3. The number of carbonyl (C=O) groups is 2. The Labute approximate surface area is 167 Å². The molecule has 0 aromatic heterocycles. The van der Waals surface area contributed by atoms with E-state index in [2.05, 4.69) is 30.1 Å². The second-order valence-electron chi connectivity index (χ2n) is 6.78. The average Bonchev–Trinajstić information content (AvgIpc) is 2.70. The molecule has 0 spiro atoms. The molecule has 1 heterocycles. The minimum atomic E-state index is -0.310. The first-order chi connectivity index (χ1) is 13.4. The highest BCUT2D eigenvalue weighted by Crippen LogP contribution is 2.23. The molecule has 1 fully saturated rings. The largest absolute Gasteiger partial charge is 0.372 e. The molecule has 1 saturated heterocycles. The molecule has 150 valence electrons. The number of anilines is 2. The van der Waals surface area contributed by atoms with Crippen molar-refractivity contribution in [3.63, 3.8) is 0 Å². The highest BCUT2D eigenvalue weighted by Gasteiger charge is 2.24. The molecule has 1 aromatic carbocycles. The molecular formula is C21H29N5O2. The number of carbonyl (C=O) groups excluding carboxylic acids is 2. The van der Waals surface area contributed by atoms with Crippen LogP contribution in [0.15, 0.2) is 30.0 Å². The van der Waals surface area contributed by atoms with E-state index in [1.54, 1.807) is 9.80 Å². The fraction of sp³-hybridized carbons (Fsp3) is 0.476. The fourth-order valence-corrected chi connectivity index (χ4v) is 3.28. The summed E-state index contributed by atoms with van der Waals surface area (Å²) >= 11 is 0. The van der Waals surface area contributed by atoms with Crippen LogP contribution in [0.1, 0.15) is 26.3 Å². The molecule has 2 amide bonds. The number of piperazine rings is 1. The molecule has 1 N–H and O–H groups in total. The minimum absolute atomic E-state index is 0.00782. The number of nitrogens with one attached hydrogen (secondary N) is 1. The second kappa shape index (κ2) is 9.79. The quantitative estimate of drug-likeness (QED) is 0.603. The van der Waals surface area contributed by atoms with Gasteiger partial charge in [0.05, 0.1) is 0 Å². The minimum Gasteiger partial charge on any atom is -0.372 e. The summed E-state index contributed by atoms with van der Waals surface area (Å²) in [5, 5.41) is 12.5. The van der Waals surface area contributed by atoms with E-state index in [0.717, 1.165) is 30.0 Å². The number of hydrogen-bond acceptors (Lipinski definition) is 5. The number of rotatable bonds is 6. The SMILES string of the molecule is CCN(CC)c1ccc(N/C=C(/C#N)C(=O)N2CCN(C(C)=O)CC2)c(C)c1. The van der Waals surface area contributed by atoms with Gasteiger partial charge in [-0.3, -0.25) is 9.59 Å². The van der Waals surface area contributed by atoms with Crippen molar-refractivity contribution < 1.29 is 9.59 Å². The van der Waals surface area contributed by atoms with Gasteiger partial charge in [0.2, 0.25) is 5.91 Å². The van der Waals surface area contributed by atoms with Crippen LogP contribution in [0.2, 0.25) is 0 Å². The van der Waals surface area contributed by atoms with Crippen LogP contribution in [0.25, 0.3) is 0 Å². The lowest BCUT2D eigenvalue weighted by molar-refractivity contribution is -0.136. The fourth-order valence-electron chi connectivity index (χ4n) is 3.28. The predicted molar refractivity (Wildman–Crippen MR) is 111 cm³/mol. The smallest absolute Gasteiger partial charge is 0.266 e. The van der Waals surface area contributed by atoms with Crippen molar-refractivity contribution in [1.29, 1.82) is 5.26 Å². The van der Waals surface area contributed by atoms with Crippen molar-refractivity contribution in [3.8, 4) is 6.07 Å². The normalized spacial score (nSPS) is 14.5. The Morgan fingerprint density at radius 1 is 1.18 bits per heavy atom. The molecule has 7 nitrogen and oxygen atoms in total. The predicted octanol–water partition coefficient (Wildman–Crippen LogP) is 2.35. The standard InChI is InChI=1S/C21H29N5O2/c1-5-24(6-2)19-7-8-20(16(3)13-19)23-15-18(14-22)21(28)26-11-9-25(10-12-26)17(4)27/h7-8,13,15,23H,5-6,9-12H2,1-4H3/b18-15-. The lowest BCUT2D eigenvalue weighted by atomic mass is 10.1. The van der Waals surface area contributed by atoms with E-state index in [-0.39, 0.29) is 17.4 Å². The Bertz CT molecular complexity index is 784. The highest BCUT2D eigenvalue weighted by molar-refractivity contribution is 5.97. The summed E-state index contributed by atoms with van der Waals surface area (Å²) in [7, 11) is 0. The summed E-state index contributed by atoms with van der Waals surface area (Å²) in [4.78, 5) is 29.6. The van der Waals surface area contributed by atoms with Gasteiger partial charge in [0.15, 0.2) is 0 Å². The van der Waals surface area contributed by atoms with E-state index in [9.17, 15) is 14.9 Å². The number of nitrogens with zero attached hydrogens (tertiary/aromatic N) is 4. The summed E-state index contributed by atoms with van der Waals surface area (Å²) in [6, 6.07) is 8.08. The number of nitriles is 1. The number of aryl methyl sites for hydroxylation is 1. The highest BCUT2D eigenvalue weighted by atomic mass is 16.2. The number of hydrogen-bond donors (Lipinski definition) is 1. The third kappa shape index (κ3) is 5.03. The van der Waals surface area contributed by atoms with E-state index < -0.39 is 0 Å². The van der Waals surface area contributed by atoms with Gasteiger partial charge in [-0.15, -0.1) is 0 Å². The maximum Gasteiger partial charge on any atom is 0.266 e. The molecule has 0 saturated carbocycles. The Morgan fingerprint density at radius 3 is 2.29 bits per heavy atom. The van der Waals surface area contributed by atoms with Gasteiger partial charge in [0, 0.05) is 63.8 Å². The lowest BCUT2D eigenvalue weighted by Crippen LogP contribution is -2.50. The molecule has 0 unspecified atom stereocenters. The molecular weight excluding hydrogens is 354 g/mol. The van der Waals surface area contributed by atoms with Crippen molar-refractivity contribution in [2.45, 2.75) is 27.7 Å². The van der Waals surface area contributed by atoms with Gasteiger partial charge in [-0.25, -0.2) is 0 Å².